The number of hydrogen-bond donors (Lipinski definition) is 2. The Balaban J connectivity index is 1.67. The van der Waals surface area contributed by atoms with Crippen molar-refractivity contribution in [2.45, 2.75) is 6.54 Å². The molecular weight excluding hydrogens is 370 g/mol. The number of ether oxygens (including phenoxy) is 1. The van der Waals surface area contributed by atoms with Gasteiger partial charge in [-0.2, -0.15) is 0 Å². The maximum Gasteiger partial charge on any atom is 0.269 e. The van der Waals surface area contributed by atoms with Crippen LogP contribution in [0.15, 0.2) is 59.2 Å². The van der Waals surface area contributed by atoms with Crippen LogP contribution in [0.4, 0.5) is 0 Å². The molecule has 0 unspecified atom stereocenters. The number of carbonyl (C=O) groups is 1. The number of aromatic amines is 1. The van der Waals surface area contributed by atoms with E-state index in [4.69, 9.17) is 4.74 Å². The maximum atomic E-state index is 12.3. The van der Waals surface area contributed by atoms with Crippen molar-refractivity contribution in [1.29, 1.82) is 0 Å². The Kier molecular flexibility index (Phi) is 4.96. The quantitative estimate of drug-likeness (QED) is 0.702. The zero-order valence-electron chi connectivity index (χ0n) is 13.0. The van der Waals surface area contributed by atoms with E-state index in [0.29, 0.717) is 18.1 Å². The SMILES string of the molecule is COc1cccc(CNC(=O)c2cnc(-c3cccc(Br)c3)[nH]2)c1. The van der Waals surface area contributed by atoms with Gasteiger partial charge in [0, 0.05) is 16.6 Å². The Labute approximate surface area is 148 Å². The van der Waals surface area contributed by atoms with E-state index in [9.17, 15) is 4.79 Å². The first kappa shape index (κ1) is 16.3. The number of H-pyrrole nitrogens is 1. The van der Waals surface area contributed by atoms with Crippen molar-refractivity contribution < 1.29 is 9.53 Å². The number of aromatic nitrogens is 2. The van der Waals surface area contributed by atoms with Crippen molar-refractivity contribution >= 4 is 21.8 Å². The van der Waals surface area contributed by atoms with E-state index in [1.807, 2.05) is 48.5 Å². The molecule has 0 bridgehead atoms. The van der Waals surface area contributed by atoms with Crippen molar-refractivity contribution in [1.82, 2.24) is 15.3 Å². The van der Waals surface area contributed by atoms with E-state index in [-0.39, 0.29) is 5.91 Å². The maximum absolute atomic E-state index is 12.3. The first-order chi connectivity index (χ1) is 11.7. The molecule has 1 amide bonds. The molecule has 0 saturated heterocycles. The Morgan fingerprint density at radius 2 is 2.08 bits per heavy atom. The summed E-state index contributed by atoms with van der Waals surface area (Å²) >= 11 is 3.43. The van der Waals surface area contributed by atoms with Crippen molar-refractivity contribution in [3.05, 3.63) is 70.5 Å². The van der Waals surface area contributed by atoms with E-state index >= 15 is 0 Å². The summed E-state index contributed by atoms with van der Waals surface area (Å²) in [5.41, 5.74) is 2.30. The van der Waals surface area contributed by atoms with Crippen LogP contribution in [-0.4, -0.2) is 23.0 Å². The van der Waals surface area contributed by atoms with E-state index in [0.717, 1.165) is 21.3 Å². The largest absolute Gasteiger partial charge is 0.497 e. The number of methoxy groups -OCH3 is 1. The Hall–Kier alpha value is -2.60. The van der Waals surface area contributed by atoms with Crippen LogP contribution in [0.2, 0.25) is 0 Å². The third-order valence-electron chi connectivity index (χ3n) is 3.51. The highest BCUT2D eigenvalue weighted by molar-refractivity contribution is 9.10. The summed E-state index contributed by atoms with van der Waals surface area (Å²) in [6, 6.07) is 15.3. The molecule has 0 aliphatic rings. The van der Waals surface area contributed by atoms with Crippen molar-refractivity contribution in [2.75, 3.05) is 7.11 Å². The first-order valence-corrected chi connectivity index (χ1v) is 8.17. The summed E-state index contributed by atoms with van der Waals surface area (Å²) < 4.78 is 6.13. The van der Waals surface area contributed by atoms with Gasteiger partial charge in [0.25, 0.3) is 5.91 Å². The number of benzene rings is 2. The van der Waals surface area contributed by atoms with Crippen LogP contribution in [0.1, 0.15) is 16.1 Å². The first-order valence-electron chi connectivity index (χ1n) is 7.38. The molecule has 1 heterocycles. The number of nitrogens with one attached hydrogen (secondary N) is 2. The van der Waals surface area contributed by atoms with Crippen molar-refractivity contribution in [3.63, 3.8) is 0 Å². The van der Waals surface area contributed by atoms with Gasteiger partial charge >= 0.3 is 0 Å². The molecule has 5 nitrogen and oxygen atoms in total. The standard InChI is InChI=1S/C18H16BrN3O2/c1-24-15-7-2-4-12(8-15)10-21-18(23)16-11-20-17(22-16)13-5-3-6-14(19)9-13/h2-9,11H,10H2,1H3,(H,20,22)(H,21,23). The predicted octanol–water partition coefficient (Wildman–Crippen LogP) is 3.78. The lowest BCUT2D eigenvalue weighted by Gasteiger charge is -2.06. The lowest BCUT2D eigenvalue weighted by molar-refractivity contribution is 0.0946. The fourth-order valence-corrected chi connectivity index (χ4v) is 2.68. The summed E-state index contributed by atoms with van der Waals surface area (Å²) in [5, 5.41) is 2.87. The molecule has 6 heteroatoms. The second kappa shape index (κ2) is 7.31. The van der Waals surface area contributed by atoms with Gasteiger partial charge in [-0.3, -0.25) is 4.79 Å². The van der Waals surface area contributed by atoms with Crippen LogP contribution in [0.3, 0.4) is 0 Å². The molecule has 122 valence electrons. The highest BCUT2D eigenvalue weighted by atomic mass is 79.9. The second-order valence-electron chi connectivity index (χ2n) is 5.19. The molecule has 0 atom stereocenters. The zero-order valence-corrected chi connectivity index (χ0v) is 14.6. The average molecular weight is 386 g/mol. The lowest BCUT2D eigenvalue weighted by atomic mass is 10.2. The van der Waals surface area contributed by atoms with Gasteiger partial charge in [0.1, 0.15) is 17.3 Å². The van der Waals surface area contributed by atoms with Gasteiger partial charge in [-0.25, -0.2) is 4.98 Å². The molecule has 0 fully saturated rings. The molecule has 2 aromatic carbocycles. The minimum absolute atomic E-state index is 0.202. The van der Waals surface area contributed by atoms with E-state index in [1.165, 1.54) is 6.20 Å². The fourth-order valence-electron chi connectivity index (χ4n) is 2.28. The minimum atomic E-state index is -0.202. The Morgan fingerprint density at radius 1 is 1.25 bits per heavy atom. The van der Waals surface area contributed by atoms with Crippen molar-refractivity contribution in [3.8, 4) is 17.1 Å². The van der Waals surface area contributed by atoms with Crippen LogP contribution in [0.5, 0.6) is 5.75 Å². The number of carbonyl (C=O) groups excluding carboxylic acids is 1. The summed E-state index contributed by atoms with van der Waals surface area (Å²) in [6.45, 7) is 0.418. The molecule has 2 N–H and O–H groups in total. The third kappa shape index (κ3) is 3.83. The second-order valence-corrected chi connectivity index (χ2v) is 6.11. The molecule has 3 aromatic rings. The van der Waals surface area contributed by atoms with Crippen LogP contribution in [-0.2, 0) is 6.54 Å². The molecule has 24 heavy (non-hydrogen) atoms. The number of amides is 1. The number of nitrogens with zero attached hydrogens (tertiary/aromatic N) is 1. The molecule has 0 saturated carbocycles. The summed E-state index contributed by atoms with van der Waals surface area (Å²) in [4.78, 5) is 19.6. The number of halogens is 1. The smallest absolute Gasteiger partial charge is 0.269 e. The summed E-state index contributed by atoms with van der Waals surface area (Å²) in [7, 11) is 1.62. The highest BCUT2D eigenvalue weighted by Crippen LogP contribution is 2.20. The monoisotopic (exact) mass is 385 g/mol. The van der Waals surface area contributed by atoms with Crippen LogP contribution < -0.4 is 10.1 Å². The fraction of sp³-hybridized carbons (Fsp3) is 0.111. The lowest BCUT2D eigenvalue weighted by Crippen LogP contribution is -2.23. The topological polar surface area (TPSA) is 67.0 Å². The summed E-state index contributed by atoms with van der Waals surface area (Å²) in [5.74, 6) is 1.22. The zero-order chi connectivity index (χ0) is 16.9. The van der Waals surface area contributed by atoms with E-state index in [1.54, 1.807) is 7.11 Å². The molecule has 0 aliphatic carbocycles. The van der Waals surface area contributed by atoms with Gasteiger partial charge in [-0.05, 0) is 29.8 Å². The van der Waals surface area contributed by atoms with E-state index < -0.39 is 0 Å². The van der Waals surface area contributed by atoms with Crippen LogP contribution >= 0.6 is 15.9 Å². The van der Waals surface area contributed by atoms with Gasteiger partial charge in [0.05, 0.1) is 13.3 Å². The Morgan fingerprint density at radius 3 is 2.88 bits per heavy atom. The van der Waals surface area contributed by atoms with Crippen LogP contribution in [0, 0.1) is 0 Å². The van der Waals surface area contributed by atoms with Crippen LogP contribution in [0.25, 0.3) is 11.4 Å². The Bertz CT molecular complexity index is 861. The molecule has 3 rings (SSSR count). The molecule has 0 radical (unpaired) electrons. The predicted molar refractivity (Wildman–Crippen MR) is 95.9 cm³/mol. The van der Waals surface area contributed by atoms with Gasteiger partial charge in [0.2, 0.25) is 0 Å². The van der Waals surface area contributed by atoms with Gasteiger partial charge in [0.15, 0.2) is 0 Å². The molecule has 0 spiro atoms. The normalized spacial score (nSPS) is 10.4. The number of rotatable bonds is 5. The highest BCUT2D eigenvalue weighted by Gasteiger charge is 2.11. The van der Waals surface area contributed by atoms with Crippen molar-refractivity contribution in [2.24, 2.45) is 0 Å². The molecule has 1 aromatic heterocycles. The minimum Gasteiger partial charge on any atom is -0.497 e. The molecular formula is C18H16BrN3O2. The van der Waals surface area contributed by atoms with Gasteiger partial charge in [-0.1, -0.05) is 40.2 Å². The third-order valence-corrected chi connectivity index (χ3v) is 4.00. The summed E-state index contributed by atoms with van der Waals surface area (Å²) in [6.07, 6.45) is 1.54. The van der Waals surface area contributed by atoms with E-state index in [2.05, 4.69) is 31.2 Å². The molecule has 0 aliphatic heterocycles. The number of imidazole rings is 1. The van der Waals surface area contributed by atoms with Gasteiger partial charge in [-0.15, -0.1) is 0 Å². The average Bonchev–Trinajstić information content (AvgIpc) is 3.10. The number of hydrogen-bond acceptors (Lipinski definition) is 3. The van der Waals surface area contributed by atoms with Gasteiger partial charge < -0.3 is 15.0 Å².